The molecule has 8 heteroatoms. The van der Waals surface area contributed by atoms with Gasteiger partial charge >= 0.3 is 0 Å². The molecular formula is C13H15BrClN5O. The molecule has 0 fully saturated rings. The molecule has 0 amide bonds. The minimum atomic E-state index is 0.130. The van der Waals surface area contributed by atoms with E-state index in [1.54, 1.807) is 7.11 Å². The number of hydrogen-bond acceptors (Lipinski definition) is 6. The lowest BCUT2D eigenvalue weighted by Crippen LogP contribution is -2.08. The zero-order chi connectivity index (χ0) is 15.2. The third-order valence-electron chi connectivity index (χ3n) is 2.56. The predicted octanol–water partition coefficient (Wildman–Crippen LogP) is 3.86. The fraction of sp³-hybridized carbons (Fsp3) is 0.308. The Kier molecular flexibility index (Phi) is 5.58. The zero-order valence-electron chi connectivity index (χ0n) is 11.7. The Labute approximate surface area is 136 Å². The van der Waals surface area contributed by atoms with Gasteiger partial charge in [0.2, 0.25) is 17.2 Å². The Morgan fingerprint density at radius 1 is 1.24 bits per heavy atom. The molecule has 0 radical (unpaired) electrons. The second-order valence-corrected chi connectivity index (χ2v) is 5.34. The molecule has 1 aromatic heterocycles. The van der Waals surface area contributed by atoms with Crippen LogP contribution < -0.4 is 15.4 Å². The van der Waals surface area contributed by atoms with Crippen molar-refractivity contribution in [2.45, 2.75) is 13.3 Å². The van der Waals surface area contributed by atoms with Gasteiger partial charge in [0.25, 0.3) is 0 Å². The fourth-order valence-electron chi connectivity index (χ4n) is 1.57. The van der Waals surface area contributed by atoms with Crippen molar-refractivity contribution >= 4 is 45.1 Å². The Bertz CT molecular complexity index is 626. The van der Waals surface area contributed by atoms with Crippen LogP contribution in [0.15, 0.2) is 22.7 Å². The van der Waals surface area contributed by atoms with Gasteiger partial charge in [-0.2, -0.15) is 15.0 Å². The van der Waals surface area contributed by atoms with Gasteiger partial charge in [0.15, 0.2) is 0 Å². The molecule has 1 aromatic carbocycles. The maximum atomic E-state index is 5.91. The average molecular weight is 373 g/mol. The standard InChI is InChI=1S/C13H15BrClN5O/c1-3-6-16-12-18-11(15)19-13(20-12)17-10-7-8(21-2)4-5-9(10)14/h4-5,7H,3,6H2,1-2H3,(H2,16,17,18,19,20). The predicted molar refractivity (Wildman–Crippen MR) is 87.6 cm³/mol. The highest BCUT2D eigenvalue weighted by molar-refractivity contribution is 9.10. The summed E-state index contributed by atoms with van der Waals surface area (Å²) < 4.78 is 6.06. The van der Waals surface area contributed by atoms with Crippen LogP contribution in [0.3, 0.4) is 0 Å². The van der Waals surface area contributed by atoms with Crippen LogP contribution in [0, 0.1) is 0 Å². The summed E-state index contributed by atoms with van der Waals surface area (Å²) in [5, 5.41) is 6.30. The molecule has 0 spiro atoms. The van der Waals surface area contributed by atoms with Crippen molar-refractivity contribution in [2.24, 2.45) is 0 Å². The number of rotatable bonds is 6. The number of ether oxygens (including phenoxy) is 1. The zero-order valence-corrected chi connectivity index (χ0v) is 14.0. The van der Waals surface area contributed by atoms with E-state index in [1.807, 2.05) is 18.2 Å². The van der Waals surface area contributed by atoms with E-state index >= 15 is 0 Å². The first-order chi connectivity index (χ1) is 10.1. The molecule has 6 nitrogen and oxygen atoms in total. The van der Waals surface area contributed by atoms with Crippen LogP contribution in [0.1, 0.15) is 13.3 Å². The van der Waals surface area contributed by atoms with Crippen LogP contribution in [0.5, 0.6) is 5.75 Å². The summed E-state index contributed by atoms with van der Waals surface area (Å²) in [7, 11) is 1.61. The number of nitrogens with zero attached hydrogens (tertiary/aromatic N) is 3. The van der Waals surface area contributed by atoms with Crippen molar-refractivity contribution in [2.75, 3.05) is 24.3 Å². The lowest BCUT2D eigenvalue weighted by molar-refractivity contribution is 0.415. The number of methoxy groups -OCH3 is 1. The summed E-state index contributed by atoms with van der Waals surface area (Å²) >= 11 is 9.37. The van der Waals surface area contributed by atoms with Crippen molar-refractivity contribution in [3.05, 3.63) is 28.0 Å². The average Bonchev–Trinajstić information content (AvgIpc) is 2.47. The summed E-state index contributed by atoms with van der Waals surface area (Å²) in [5.41, 5.74) is 0.776. The lowest BCUT2D eigenvalue weighted by atomic mass is 10.3. The Morgan fingerprint density at radius 2 is 2.00 bits per heavy atom. The maximum absolute atomic E-state index is 5.91. The smallest absolute Gasteiger partial charge is 0.233 e. The van der Waals surface area contributed by atoms with Gasteiger partial charge in [-0.1, -0.05) is 6.92 Å². The molecule has 0 unspecified atom stereocenters. The Hall–Kier alpha value is -1.60. The normalized spacial score (nSPS) is 10.3. The molecule has 0 aliphatic rings. The minimum Gasteiger partial charge on any atom is -0.497 e. The van der Waals surface area contributed by atoms with Gasteiger partial charge in [0.05, 0.1) is 12.8 Å². The first-order valence-electron chi connectivity index (χ1n) is 6.38. The van der Waals surface area contributed by atoms with Crippen LogP contribution in [0.25, 0.3) is 0 Å². The molecule has 0 saturated carbocycles. The van der Waals surface area contributed by atoms with E-state index < -0.39 is 0 Å². The van der Waals surface area contributed by atoms with Gasteiger partial charge in [-0.05, 0) is 46.1 Å². The van der Waals surface area contributed by atoms with E-state index in [2.05, 4.69) is 48.4 Å². The van der Waals surface area contributed by atoms with Crippen LogP contribution >= 0.6 is 27.5 Å². The lowest BCUT2D eigenvalue weighted by Gasteiger charge is -2.10. The number of aromatic nitrogens is 3. The molecule has 0 atom stereocenters. The molecule has 112 valence electrons. The van der Waals surface area contributed by atoms with Crippen LogP contribution in [0.4, 0.5) is 17.6 Å². The topological polar surface area (TPSA) is 72.0 Å². The molecule has 0 aliphatic carbocycles. The molecule has 0 saturated heterocycles. The van der Waals surface area contributed by atoms with E-state index in [0.29, 0.717) is 11.9 Å². The highest BCUT2D eigenvalue weighted by Crippen LogP contribution is 2.29. The van der Waals surface area contributed by atoms with E-state index in [-0.39, 0.29) is 5.28 Å². The Balaban J connectivity index is 2.24. The van der Waals surface area contributed by atoms with Crippen LogP contribution in [-0.2, 0) is 0 Å². The third-order valence-corrected chi connectivity index (χ3v) is 3.42. The molecular weight excluding hydrogens is 358 g/mol. The second kappa shape index (κ2) is 7.42. The highest BCUT2D eigenvalue weighted by atomic mass is 79.9. The van der Waals surface area contributed by atoms with Crippen molar-refractivity contribution in [1.29, 1.82) is 0 Å². The first kappa shape index (κ1) is 15.8. The highest BCUT2D eigenvalue weighted by Gasteiger charge is 2.08. The molecule has 1 heterocycles. The van der Waals surface area contributed by atoms with Gasteiger partial charge < -0.3 is 15.4 Å². The number of nitrogens with one attached hydrogen (secondary N) is 2. The van der Waals surface area contributed by atoms with Crippen molar-refractivity contribution in [3.8, 4) is 5.75 Å². The largest absolute Gasteiger partial charge is 0.497 e. The maximum Gasteiger partial charge on any atom is 0.233 e. The number of hydrogen-bond donors (Lipinski definition) is 2. The first-order valence-corrected chi connectivity index (χ1v) is 7.55. The number of benzene rings is 1. The SMILES string of the molecule is CCCNc1nc(Cl)nc(Nc2cc(OC)ccc2Br)n1. The van der Waals surface area contributed by atoms with E-state index in [4.69, 9.17) is 16.3 Å². The molecule has 2 rings (SSSR count). The summed E-state index contributed by atoms with van der Waals surface area (Å²) in [5.74, 6) is 1.53. The monoisotopic (exact) mass is 371 g/mol. The summed E-state index contributed by atoms with van der Waals surface area (Å²) in [6.07, 6.45) is 0.966. The molecule has 2 aromatic rings. The van der Waals surface area contributed by atoms with Gasteiger partial charge in [0.1, 0.15) is 5.75 Å². The minimum absolute atomic E-state index is 0.130. The molecule has 0 bridgehead atoms. The van der Waals surface area contributed by atoms with E-state index in [0.717, 1.165) is 28.9 Å². The number of halogens is 2. The van der Waals surface area contributed by atoms with Crippen LogP contribution in [0.2, 0.25) is 5.28 Å². The van der Waals surface area contributed by atoms with E-state index in [1.165, 1.54) is 0 Å². The summed E-state index contributed by atoms with van der Waals surface area (Å²) in [4.78, 5) is 12.4. The quantitative estimate of drug-likeness (QED) is 0.802. The van der Waals surface area contributed by atoms with Crippen molar-refractivity contribution < 1.29 is 4.74 Å². The summed E-state index contributed by atoms with van der Waals surface area (Å²) in [6.45, 7) is 2.82. The van der Waals surface area contributed by atoms with Crippen molar-refractivity contribution in [1.82, 2.24) is 15.0 Å². The van der Waals surface area contributed by atoms with Crippen molar-refractivity contribution in [3.63, 3.8) is 0 Å². The van der Waals surface area contributed by atoms with Gasteiger partial charge in [-0.3, -0.25) is 0 Å². The third kappa shape index (κ3) is 4.44. The Morgan fingerprint density at radius 3 is 2.71 bits per heavy atom. The van der Waals surface area contributed by atoms with Crippen LogP contribution in [-0.4, -0.2) is 28.6 Å². The second-order valence-electron chi connectivity index (χ2n) is 4.15. The number of anilines is 3. The van der Waals surface area contributed by atoms with Gasteiger partial charge in [0, 0.05) is 17.1 Å². The fourth-order valence-corrected chi connectivity index (χ4v) is 2.08. The molecule has 2 N–H and O–H groups in total. The van der Waals surface area contributed by atoms with E-state index in [9.17, 15) is 0 Å². The van der Waals surface area contributed by atoms with Gasteiger partial charge in [-0.15, -0.1) is 0 Å². The molecule has 0 aliphatic heterocycles. The molecule has 21 heavy (non-hydrogen) atoms. The summed E-state index contributed by atoms with van der Waals surface area (Å²) in [6, 6.07) is 5.56. The van der Waals surface area contributed by atoms with Gasteiger partial charge in [-0.25, -0.2) is 0 Å².